The van der Waals surface area contributed by atoms with Crippen LogP contribution in [0.1, 0.15) is 25.3 Å². The molecule has 0 aliphatic carbocycles. The molecule has 1 aliphatic heterocycles. The van der Waals surface area contributed by atoms with E-state index in [9.17, 15) is 0 Å². The van der Waals surface area contributed by atoms with Crippen LogP contribution in [0.2, 0.25) is 0 Å². The summed E-state index contributed by atoms with van der Waals surface area (Å²) in [5, 5.41) is 12.6. The number of nitrogens with one attached hydrogen (secondary N) is 1. The van der Waals surface area contributed by atoms with Gasteiger partial charge in [-0.05, 0) is 51.4 Å². The highest BCUT2D eigenvalue weighted by molar-refractivity contribution is 5.57. The van der Waals surface area contributed by atoms with Gasteiger partial charge in [0.15, 0.2) is 0 Å². The standard InChI is InChI=1S/C15H21N3/c1-12(14-7-5-9-18(2)11-14)17-15-8-4-3-6-13(15)10-16/h3-4,6,8,12,14,17H,5,7,9,11H2,1-2H3. The topological polar surface area (TPSA) is 39.1 Å². The second-order valence-corrected chi connectivity index (χ2v) is 5.25. The molecule has 2 rings (SSSR count). The monoisotopic (exact) mass is 243 g/mol. The first-order chi connectivity index (χ1) is 8.70. The Hall–Kier alpha value is -1.53. The maximum atomic E-state index is 9.09. The van der Waals surface area contributed by atoms with Gasteiger partial charge in [-0.3, -0.25) is 0 Å². The van der Waals surface area contributed by atoms with Gasteiger partial charge in [0.2, 0.25) is 0 Å². The van der Waals surface area contributed by atoms with E-state index in [2.05, 4.69) is 30.3 Å². The molecule has 1 saturated heterocycles. The molecule has 0 radical (unpaired) electrons. The van der Waals surface area contributed by atoms with Crippen LogP contribution in [0.4, 0.5) is 5.69 Å². The first kappa shape index (κ1) is 12.9. The van der Waals surface area contributed by atoms with Gasteiger partial charge < -0.3 is 10.2 Å². The molecule has 3 heteroatoms. The Labute approximate surface area is 109 Å². The Morgan fingerprint density at radius 3 is 2.94 bits per heavy atom. The van der Waals surface area contributed by atoms with E-state index in [4.69, 9.17) is 5.26 Å². The Kier molecular flexibility index (Phi) is 4.22. The van der Waals surface area contributed by atoms with E-state index >= 15 is 0 Å². The largest absolute Gasteiger partial charge is 0.381 e. The van der Waals surface area contributed by atoms with Crippen LogP contribution in [0.25, 0.3) is 0 Å². The molecular formula is C15H21N3. The van der Waals surface area contributed by atoms with Crippen molar-refractivity contribution < 1.29 is 0 Å². The molecule has 0 aromatic heterocycles. The number of para-hydroxylation sites is 1. The van der Waals surface area contributed by atoms with Crippen molar-refractivity contribution in [2.75, 3.05) is 25.5 Å². The van der Waals surface area contributed by atoms with E-state index in [0.717, 1.165) is 17.8 Å². The summed E-state index contributed by atoms with van der Waals surface area (Å²) < 4.78 is 0. The molecule has 1 heterocycles. The lowest BCUT2D eigenvalue weighted by Crippen LogP contribution is -2.39. The molecule has 2 atom stereocenters. The molecule has 1 aliphatic rings. The van der Waals surface area contributed by atoms with Crippen LogP contribution in [0.5, 0.6) is 0 Å². The minimum Gasteiger partial charge on any atom is -0.381 e. The highest BCUT2D eigenvalue weighted by Gasteiger charge is 2.23. The number of rotatable bonds is 3. The molecule has 0 amide bonds. The second kappa shape index (κ2) is 5.88. The maximum Gasteiger partial charge on any atom is 0.101 e. The SMILES string of the molecule is CC(Nc1ccccc1C#N)C1CCCN(C)C1. The summed E-state index contributed by atoms with van der Waals surface area (Å²) in [4.78, 5) is 2.39. The fourth-order valence-electron chi connectivity index (χ4n) is 2.68. The summed E-state index contributed by atoms with van der Waals surface area (Å²) in [6.07, 6.45) is 2.54. The van der Waals surface area contributed by atoms with Crippen LogP contribution in [0, 0.1) is 17.2 Å². The van der Waals surface area contributed by atoms with E-state index in [1.807, 2.05) is 24.3 Å². The molecule has 0 saturated carbocycles. The first-order valence-corrected chi connectivity index (χ1v) is 6.65. The normalized spacial score (nSPS) is 22.2. The van der Waals surface area contributed by atoms with Crippen molar-refractivity contribution >= 4 is 5.69 Å². The Morgan fingerprint density at radius 1 is 1.44 bits per heavy atom. The van der Waals surface area contributed by atoms with Gasteiger partial charge in [-0.2, -0.15) is 5.26 Å². The summed E-state index contributed by atoms with van der Waals surface area (Å²) in [5.74, 6) is 0.662. The van der Waals surface area contributed by atoms with Crippen molar-refractivity contribution in [2.24, 2.45) is 5.92 Å². The third-order valence-corrected chi connectivity index (χ3v) is 3.80. The number of piperidine rings is 1. The fraction of sp³-hybridized carbons (Fsp3) is 0.533. The number of likely N-dealkylation sites (tertiary alicyclic amines) is 1. The van der Waals surface area contributed by atoms with Gasteiger partial charge in [0.1, 0.15) is 6.07 Å². The van der Waals surface area contributed by atoms with Crippen LogP contribution < -0.4 is 5.32 Å². The molecular weight excluding hydrogens is 222 g/mol. The Balaban J connectivity index is 2.02. The van der Waals surface area contributed by atoms with Crippen LogP contribution in [-0.4, -0.2) is 31.1 Å². The number of nitriles is 1. The zero-order valence-corrected chi connectivity index (χ0v) is 11.2. The molecule has 2 unspecified atom stereocenters. The van der Waals surface area contributed by atoms with Gasteiger partial charge in [0.05, 0.1) is 11.3 Å². The zero-order chi connectivity index (χ0) is 13.0. The third-order valence-electron chi connectivity index (χ3n) is 3.80. The van der Waals surface area contributed by atoms with Crippen LogP contribution in [0.3, 0.4) is 0 Å². The second-order valence-electron chi connectivity index (χ2n) is 5.25. The predicted octanol–water partition coefficient (Wildman–Crippen LogP) is 2.70. The fourth-order valence-corrected chi connectivity index (χ4v) is 2.68. The molecule has 18 heavy (non-hydrogen) atoms. The number of nitrogens with zero attached hydrogens (tertiary/aromatic N) is 2. The van der Waals surface area contributed by atoms with Gasteiger partial charge in [0.25, 0.3) is 0 Å². The zero-order valence-electron chi connectivity index (χ0n) is 11.2. The van der Waals surface area contributed by atoms with E-state index in [1.54, 1.807) is 0 Å². The minimum absolute atomic E-state index is 0.405. The lowest BCUT2D eigenvalue weighted by Gasteiger charge is -2.34. The van der Waals surface area contributed by atoms with Crippen molar-refractivity contribution in [1.29, 1.82) is 5.26 Å². The lowest BCUT2D eigenvalue weighted by molar-refractivity contribution is 0.197. The molecule has 1 aromatic carbocycles. The van der Waals surface area contributed by atoms with E-state index in [-0.39, 0.29) is 0 Å². The summed E-state index contributed by atoms with van der Waals surface area (Å²) in [7, 11) is 2.18. The van der Waals surface area contributed by atoms with Crippen molar-refractivity contribution in [3.8, 4) is 6.07 Å². The van der Waals surface area contributed by atoms with Crippen molar-refractivity contribution in [1.82, 2.24) is 4.90 Å². The molecule has 1 aromatic rings. The van der Waals surface area contributed by atoms with Crippen LogP contribution in [0.15, 0.2) is 24.3 Å². The van der Waals surface area contributed by atoms with Gasteiger partial charge in [-0.25, -0.2) is 0 Å². The van der Waals surface area contributed by atoms with Gasteiger partial charge in [-0.1, -0.05) is 12.1 Å². The average molecular weight is 243 g/mol. The smallest absolute Gasteiger partial charge is 0.101 e. The highest BCUT2D eigenvalue weighted by atomic mass is 15.1. The Morgan fingerprint density at radius 2 is 2.22 bits per heavy atom. The van der Waals surface area contributed by atoms with E-state index in [1.165, 1.54) is 19.4 Å². The number of anilines is 1. The number of hydrogen-bond donors (Lipinski definition) is 1. The predicted molar refractivity (Wildman–Crippen MR) is 74.5 cm³/mol. The summed E-state index contributed by atoms with van der Waals surface area (Å²) in [6, 6.07) is 10.4. The van der Waals surface area contributed by atoms with E-state index in [0.29, 0.717) is 12.0 Å². The van der Waals surface area contributed by atoms with E-state index < -0.39 is 0 Å². The number of benzene rings is 1. The first-order valence-electron chi connectivity index (χ1n) is 6.65. The third kappa shape index (κ3) is 3.02. The van der Waals surface area contributed by atoms with Crippen molar-refractivity contribution in [3.63, 3.8) is 0 Å². The Bertz CT molecular complexity index is 436. The van der Waals surface area contributed by atoms with Gasteiger partial charge >= 0.3 is 0 Å². The summed E-state index contributed by atoms with van der Waals surface area (Å²) in [5.41, 5.74) is 1.69. The molecule has 3 nitrogen and oxygen atoms in total. The van der Waals surface area contributed by atoms with Crippen molar-refractivity contribution in [3.05, 3.63) is 29.8 Å². The number of hydrogen-bond acceptors (Lipinski definition) is 3. The summed E-state index contributed by atoms with van der Waals surface area (Å²) in [6.45, 7) is 4.57. The van der Waals surface area contributed by atoms with Crippen LogP contribution >= 0.6 is 0 Å². The lowest BCUT2D eigenvalue weighted by atomic mass is 9.91. The molecule has 96 valence electrons. The molecule has 0 spiro atoms. The minimum atomic E-state index is 0.405. The highest BCUT2D eigenvalue weighted by Crippen LogP contribution is 2.23. The van der Waals surface area contributed by atoms with Crippen LogP contribution in [-0.2, 0) is 0 Å². The van der Waals surface area contributed by atoms with Crippen molar-refractivity contribution in [2.45, 2.75) is 25.8 Å². The van der Waals surface area contributed by atoms with Gasteiger partial charge in [-0.15, -0.1) is 0 Å². The molecule has 0 bridgehead atoms. The van der Waals surface area contributed by atoms with Gasteiger partial charge in [0, 0.05) is 12.6 Å². The maximum absolute atomic E-state index is 9.09. The average Bonchev–Trinajstić information content (AvgIpc) is 2.39. The molecule has 1 fully saturated rings. The quantitative estimate of drug-likeness (QED) is 0.887. The summed E-state index contributed by atoms with van der Waals surface area (Å²) >= 11 is 0. The molecule has 1 N–H and O–H groups in total.